The predicted molar refractivity (Wildman–Crippen MR) is 118 cm³/mol. The molecule has 5 nitrogen and oxygen atoms in total. The summed E-state index contributed by atoms with van der Waals surface area (Å²) in [6.07, 6.45) is 3.76. The first-order valence-electron chi connectivity index (χ1n) is 9.58. The molecule has 1 aliphatic rings. The Morgan fingerprint density at radius 2 is 1.90 bits per heavy atom. The molecule has 0 fully saturated rings. The van der Waals surface area contributed by atoms with E-state index in [4.69, 9.17) is 27.9 Å². The lowest BCUT2D eigenvalue weighted by Gasteiger charge is -2.13. The van der Waals surface area contributed by atoms with Gasteiger partial charge in [-0.15, -0.1) is 0 Å². The van der Waals surface area contributed by atoms with E-state index in [1.165, 1.54) is 6.07 Å². The summed E-state index contributed by atoms with van der Waals surface area (Å²) >= 11 is 12.3. The maximum Gasteiger partial charge on any atom is 0.127 e. The van der Waals surface area contributed by atoms with E-state index in [1.807, 2.05) is 34.9 Å². The van der Waals surface area contributed by atoms with E-state index in [1.54, 1.807) is 30.6 Å². The number of aromatic carboxylic acids is 1. The van der Waals surface area contributed by atoms with Crippen molar-refractivity contribution in [2.75, 3.05) is 0 Å². The van der Waals surface area contributed by atoms with Gasteiger partial charge in [-0.1, -0.05) is 53.5 Å². The second-order valence-electron chi connectivity index (χ2n) is 7.21. The first-order valence-corrected chi connectivity index (χ1v) is 10.3. The number of aromatic nitrogens is 2. The maximum absolute atomic E-state index is 11.5. The molecule has 0 radical (unpaired) electrons. The van der Waals surface area contributed by atoms with E-state index in [2.05, 4.69) is 4.98 Å². The zero-order chi connectivity index (χ0) is 21.5. The van der Waals surface area contributed by atoms with Gasteiger partial charge in [-0.2, -0.15) is 0 Å². The van der Waals surface area contributed by atoms with Crippen molar-refractivity contribution in [2.45, 2.75) is 13.2 Å². The number of ether oxygens (including phenoxy) is 1. The minimum absolute atomic E-state index is 0.0992. The molecule has 0 saturated carbocycles. The van der Waals surface area contributed by atoms with Crippen molar-refractivity contribution in [1.29, 1.82) is 0 Å². The van der Waals surface area contributed by atoms with Crippen LogP contribution in [0.4, 0.5) is 0 Å². The van der Waals surface area contributed by atoms with Crippen molar-refractivity contribution in [3.8, 4) is 5.75 Å². The smallest absolute Gasteiger partial charge is 0.127 e. The number of imidazole rings is 1. The van der Waals surface area contributed by atoms with Gasteiger partial charge < -0.3 is 19.2 Å². The molecule has 5 rings (SSSR count). The number of nitrogens with zero attached hydrogens (tertiary/aromatic N) is 2. The molecule has 0 bridgehead atoms. The Kier molecular flexibility index (Phi) is 4.93. The highest BCUT2D eigenvalue weighted by Gasteiger charge is 2.19. The Morgan fingerprint density at radius 1 is 1.10 bits per heavy atom. The van der Waals surface area contributed by atoms with Crippen molar-refractivity contribution in [3.05, 3.63) is 99.3 Å². The van der Waals surface area contributed by atoms with Gasteiger partial charge in [-0.3, -0.25) is 0 Å². The van der Waals surface area contributed by atoms with Crippen LogP contribution in [0.25, 0.3) is 16.6 Å². The monoisotopic (exact) mass is 449 g/mol. The van der Waals surface area contributed by atoms with Gasteiger partial charge in [0.25, 0.3) is 0 Å². The highest BCUT2D eigenvalue weighted by molar-refractivity contribution is 6.42. The van der Waals surface area contributed by atoms with Crippen molar-refractivity contribution >= 4 is 45.8 Å². The average Bonchev–Trinajstić information content (AvgIpc) is 3.07. The fraction of sp³-hybridized carbons (Fsp3) is 0.0833. The van der Waals surface area contributed by atoms with Crippen LogP contribution in [-0.4, -0.2) is 15.5 Å². The average molecular weight is 450 g/mol. The minimum Gasteiger partial charge on any atom is -0.545 e. The van der Waals surface area contributed by atoms with E-state index in [0.717, 1.165) is 27.7 Å². The largest absolute Gasteiger partial charge is 0.545 e. The third-order valence-corrected chi connectivity index (χ3v) is 6.07. The number of allylic oxidation sites excluding steroid dienone is 1. The van der Waals surface area contributed by atoms with Gasteiger partial charge in [0, 0.05) is 12.1 Å². The zero-order valence-electron chi connectivity index (χ0n) is 16.1. The topological polar surface area (TPSA) is 67.2 Å². The molecular formula is C24H15Cl2N2O3-. The van der Waals surface area contributed by atoms with Gasteiger partial charge in [-0.05, 0) is 52.6 Å². The first-order chi connectivity index (χ1) is 15.0. The molecule has 0 atom stereocenters. The van der Waals surface area contributed by atoms with E-state index in [9.17, 15) is 9.90 Å². The summed E-state index contributed by atoms with van der Waals surface area (Å²) in [7, 11) is 0. The van der Waals surface area contributed by atoms with Crippen LogP contribution < -0.4 is 9.84 Å². The van der Waals surface area contributed by atoms with Crippen LogP contribution in [0.5, 0.6) is 5.75 Å². The molecule has 2 heterocycles. The highest BCUT2D eigenvalue weighted by Crippen LogP contribution is 2.37. The summed E-state index contributed by atoms with van der Waals surface area (Å²) in [6, 6.07) is 16.2. The summed E-state index contributed by atoms with van der Waals surface area (Å²) in [5.41, 5.74) is 5.30. The molecule has 0 aliphatic carbocycles. The molecule has 31 heavy (non-hydrogen) atoms. The Hall–Kier alpha value is -3.28. The normalized spacial score (nSPS) is 14.1. The molecule has 1 aliphatic heterocycles. The lowest BCUT2D eigenvalue weighted by molar-refractivity contribution is -0.255. The third-order valence-electron chi connectivity index (χ3n) is 5.35. The van der Waals surface area contributed by atoms with E-state index in [-0.39, 0.29) is 5.56 Å². The van der Waals surface area contributed by atoms with Crippen molar-refractivity contribution in [3.63, 3.8) is 0 Å². The Labute approximate surface area is 188 Å². The highest BCUT2D eigenvalue weighted by atomic mass is 35.5. The first kappa shape index (κ1) is 19.7. The van der Waals surface area contributed by atoms with Gasteiger partial charge in [0.2, 0.25) is 0 Å². The fourth-order valence-corrected chi connectivity index (χ4v) is 4.13. The lowest BCUT2D eigenvalue weighted by Crippen LogP contribution is -2.22. The number of rotatable bonds is 3. The summed E-state index contributed by atoms with van der Waals surface area (Å²) in [4.78, 5) is 15.9. The van der Waals surface area contributed by atoms with Crippen molar-refractivity contribution < 1.29 is 14.6 Å². The van der Waals surface area contributed by atoms with Crippen LogP contribution in [0, 0.1) is 0 Å². The molecule has 0 amide bonds. The molecule has 0 saturated heterocycles. The molecule has 1 aromatic heterocycles. The van der Waals surface area contributed by atoms with E-state index >= 15 is 0 Å². The number of benzene rings is 3. The standard InChI is InChI=1S/C24H16Cl2N2O3/c25-19-10-21-22(11-20(19)26)28(13-27-21)8-7-17-16-4-2-1-3-15(16)12-31-23-6-5-14(24(29)30)9-18(17)23/h1-7,9-11,13H,8,12H2,(H,29,30)/p-1/b17-7+. The summed E-state index contributed by atoms with van der Waals surface area (Å²) in [5.74, 6) is -0.607. The van der Waals surface area contributed by atoms with E-state index < -0.39 is 5.97 Å². The van der Waals surface area contributed by atoms with Crippen LogP contribution in [-0.2, 0) is 13.2 Å². The number of carbonyl (C=O) groups is 1. The lowest BCUT2D eigenvalue weighted by atomic mass is 9.93. The maximum atomic E-state index is 11.5. The number of carbonyl (C=O) groups excluding carboxylic acids is 1. The van der Waals surface area contributed by atoms with Crippen LogP contribution in [0.2, 0.25) is 10.0 Å². The number of carboxylic acids is 1. The predicted octanol–water partition coefficient (Wildman–Crippen LogP) is 4.73. The van der Waals surface area contributed by atoms with Crippen LogP contribution in [0.1, 0.15) is 27.0 Å². The molecule has 0 unspecified atom stereocenters. The molecule has 154 valence electrons. The fourth-order valence-electron chi connectivity index (χ4n) is 3.81. The quantitative estimate of drug-likeness (QED) is 0.453. The Morgan fingerprint density at radius 3 is 2.74 bits per heavy atom. The third kappa shape index (κ3) is 3.56. The van der Waals surface area contributed by atoms with Crippen LogP contribution in [0.3, 0.4) is 0 Å². The second kappa shape index (κ2) is 7.76. The Bertz CT molecular complexity index is 1370. The van der Waals surface area contributed by atoms with Gasteiger partial charge >= 0.3 is 0 Å². The number of carboxylic acid groups (broad SMARTS) is 1. The number of hydrogen-bond acceptors (Lipinski definition) is 4. The number of fused-ring (bicyclic) bond motifs is 3. The molecule has 0 N–H and O–H groups in total. The summed E-state index contributed by atoms with van der Waals surface area (Å²) < 4.78 is 7.93. The molecule has 4 aromatic rings. The van der Waals surface area contributed by atoms with E-state index in [0.29, 0.717) is 34.5 Å². The SMILES string of the molecule is O=C([O-])c1ccc2c(c1)/C(=C/Cn1cnc3cc(Cl)c(Cl)cc31)c1ccccc1CO2. The van der Waals surface area contributed by atoms with Gasteiger partial charge in [-0.25, -0.2) is 4.98 Å². The van der Waals surface area contributed by atoms with Gasteiger partial charge in [0.1, 0.15) is 12.4 Å². The Balaban J connectivity index is 1.66. The minimum atomic E-state index is -1.23. The van der Waals surface area contributed by atoms with Gasteiger partial charge in [0.15, 0.2) is 0 Å². The summed E-state index contributed by atoms with van der Waals surface area (Å²) in [6.45, 7) is 0.889. The zero-order valence-corrected chi connectivity index (χ0v) is 17.7. The number of hydrogen-bond donors (Lipinski definition) is 0. The van der Waals surface area contributed by atoms with Crippen LogP contribution in [0.15, 0.2) is 67.0 Å². The molecule has 3 aromatic carbocycles. The molecular weight excluding hydrogens is 435 g/mol. The molecule has 0 spiro atoms. The van der Waals surface area contributed by atoms with Crippen molar-refractivity contribution in [1.82, 2.24) is 9.55 Å². The number of halogens is 2. The second-order valence-corrected chi connectivity index (χ2v) is 8.03. The van der Waals surface area contributed by atoms with Gasteiger partial charge in [0.05, 0.1) is 33.4 Å². The summed E-state index contributed by atoms with van der Waals surface area (Å²) in [5, 5.41) is 12.4. The van der Waals surface area contributed by atoms with Crippen molar-refractivity contribution in [2.24, 2.45) is 0 Å². The molecule has 7 heteroatoms. The van der Waals surface area contributed by atoms with Crippen LogP contribution >= 0.6 is 23.2 Å².